The van der Waals surface area contributed by atoms with E-state index in [1.165, 1.54) is 6.07 Å². The minimum Gasteiger partial charge on any atom is -0.271 e. The molecule has 1 unspecified atom stereocenters. The van der Waals surface area contributed by atoms with E-state index in [0.29, 0.717) is 4.47 Å². The van der Waals surface area contributed by atoms with E-state index in [9.17, 15) is 4.39 Å². The molecule has 0 spiro atoms. The van der Waals surface area contributed by atoms with Crippen molar-refractivity contribution in [2.75, 3.05) is 0 Å². The molecule has 0 saturated heterocycles. The summed E-state index contributed by atoms with van der Waals surface area (Å²) in [7, 11) is 0. The van der Waals surface area contributed by atoms with Crippen molar-refractivity contribution in [3.63, 3.8) is 0 Å². The molecular formula is C13H15BrFN3S. The molecule has 19 heavy (non-hydrogen) atoms. The van der Waals surface area contributed by atoms with Crippen molar-refractivity contribution in [1.82, 2.24) is 10.4 Å². The maximum absolute atomic E-state index is 13.2. The highest BCUT2D eigenvalue weighted by Crippen LogP contribution is 2.19. The van der Waals surface area contributed by atoms with Crippen molar-refractivity contribution < 1.29 is 4.39 Å². The van der Waals surface area contributed by atoms with Gasteiger partial charge in [0, 0.05) is 17.8 Å². The number of thiazole rings is 1. The van der Waals surface area contributed by atoms with E-state index in [2.05, 4.69) is 26.3 Å². The van der Waals surface area contributed by atoms with E-state index in [-0.39, 0.29) is 11.9 Å². The van der Waals surface area contributed by atoms with Crippen molar-refractivity contribution in [1.29, 1.82) is 0 Å². The van der Waals surface area contributed by atoms with Gasteiger partial charge in [-0.1, -0.05) is 6.07 Å². The lowest BCUT2D eigenvalue weighted by molar-refractivity contribution is 0.517. The smallest absolute Gasteiger partial charge is 0.137 e. The van der Waals surface area contributed by atoms with Crippen molar-refractivity contribution in [2.45, 2.75) is 25.8 Å². The summed E-state index contributed by atoms with van der Waals surface area (Å²) >= 11 is 4.82. The molecule has 1 atom stereocenters. The quantitative estimate of drug-likeness (QED) is 0.648. The minimum absolute atomic E-state index is 0.0823. The number of nitrogens with two attached hydrogens (primary N) is 1. The van der Waals surface area contributed by atoms with Gasteiger partial charge in [0.05, 0.1) is 15.2 Å². The van der Waals surface area contributed by atoms with E-state index in [4.69, 9.17) is 5.84 Å². The first-order valence-corrected chi connectivity index (χ1v) is 7.57. The zero-order valence-corrected chi connectivity index (χ0v) is 12.9. The molecule has 3 N–H and O–H groups in total. The SMILES string of the molecule is Cc1nc(CC(Cc2ccc(F)c(Br)c2)NN)cs1. The van der Waals surface area contributed by atoms with Crippen molar-refractivity contribution >= 4 is 27.3 Å². The first-order valence-electron chi connectivity index (χ1n) is 5.89. The molecule has 0 bridgehead atoms. The highest BCUT2D eigenvalue weighted by molar-refractivity contribution is 9.10. The molecule has 6 heteroatoms. The fourth-order valence-corrected chi connectivity index (χ4v) is 2.95. The third-order valence-electron chi connectivity index (χ3n) is 2.82. The fourth-order valence-electron chi connectivity index (χ4n) is 1.90. The highest BCUT2D eigenvalue weighted by atomic mass is 79.9. The average Bonchev–Trinajstić information content (AvgIpc) is 2.78. The lowest BCUT2D eigenvalue weighted by Crippen LogP contribution is -2.38. The van der Waals surface area contributed by atoms with Crippen molar-refractivity contribution in [3.8, 4) is 0 Å². The monoisotopic (exact) mass is 343 g/mol. The van der Waals surface area contributed by atoms with Crippen LogP contribution >= 0.6 is 27.3 Å². The van der Waals surface area contributed by atoms with Gasteiger partial charge in [0.1, 0.15) is 5.82 Å². The van der Waals surface area contributed by atoms with E-state index in [1.807, 2.05) is 12.3 Å². The van der Waals surface area contributed by atoms with Gasteiger partial charge in [-0.05, 0) is 47.0 Å². The van der Waals surface area contributed by atoms with Crippen LogP contribution in [0, 0.1) is 12.7 Å². The normalized spacial score (nSPS) is 12.6. The second kappa shape index (κ2) is 6.56. The lowest BCUT2D eigenvalue weighted by atomic mass is 10.0. The Morgan fingerprint density at radius 1 is 1.47 bits per heavy atom. The van der Waals surface area contributed by atoms with E-state index < -0.39 is 0 Å². The number of aromatic nitrogens is 1. The molecule has 0 saturated carbocycles. The molecule has 1 aromatic carbocycles. The van der Waals surface area contributed by atoms with E-state index in [0.717, 1.165) is 29.1 Å². The van der Waals surface area contributed by atoms with Crippen LogP contribution in [0.2, 0.25) is 0 Å². The summed E-state index contributed by atoms with van der Waals surface area (Å²) in [6.45, 7) is 1.98. The summed E-state index contributed by atoms with van der Waals surface area (Å²) in [4.78, 5) is 4.43. The maximum Gasteiger partial charge on any atom is 0.137 e. The summed E-state index contributed by atoms with van der Waals surface area (Å²) in [5, 5.41) is 3.09. The topological polar surface area (TPSA) is 50.9 Å². The predicted molar refractivity (Wildman–Crippen MR) is 79.5 cm³/mol. The number of benzene rings is 1. The van der Waals surface area contributed by atoms with Crippen molar-refractivity contribution in [3.05, 3.63) is 50.1 Å². The first kappa shape index (κ1) is 14.6. The van der Waals surface area contributed by atoms with Gasteiger partial charge in [-0.25, -0.2) is 9.37 Å². The Morgan fingerprint density at radius 3 is 2.84 bits per heavy atom. The zero-order valence-electron chi connectivity index (χ0n) is 10.5. The molecule has 0 fully saturated rings. The van der Waals surface area contributed by atoms with Crippen LogP contribution in [-0.2, 0) is 12.8 Å². The standard InChI is InChI=1S/C13H15BrFN3S/c1-8-17-11(7-19-8)6-10(18-16)4-9-2-3-13(15)12(14)5-9/h2-3,5,7,10,18H,4,6,16H2,1H3. The fraction of sp³-hybridized carbons (Fsp3) is 0.308. The lowest BCUT2D eigenvalue weighted by Gasteiger charge is -2.15. The van der Waals surface area contributed by atoms with Crippen LogP contribution in [0.25, 0.3) is 0 Å². The number of hydrogen-bond donors (Lipinski definition) is 2. The van der Waals surface area contributed by atoms with Crippen molar-refractivity contribution in [2.24, 2.45) is 5.84 Å². The Bertz CT molecular complexity index is 559. The Kier molecular flexibility index (Phi) is 5.04. The van der Waals surface area contributed by atoms with E-state index in [1.54, 1.807) is 23.5 Å². The number of halogens is 2. The number of hydrogen-bond acceptors (Lipinski definition) is 4. The first-order chi connectivity index (χ1) is 9.08. The summed E-state index contributed by atoms with van der Waals surface area (Å²) in [5.41, 5.74) is 4.86. The highest BCUT2D eigenvalue weighted by Gasteiger charge is 2.12. The molecule has 0 aliphatic carbocycles. The molecular weight excluding hydrogens is 329 g/mol. The Hall–Kier alpha value is -0.820. The van der Waals surface area contributed by atoms with Crippen LogP contribution < -0.4 is 11.3 Å². The Balaban J connectivity index is 2.04. The van der Waals surface area contributed by atoms with Gasteiger partial charge in [0.15, 0.2) is 0 Å². The summed E-state index contributed by atoms with van der Waals surface area (Å²) in [5.74, 6) is 5.33. The number of hydrazine groups is 1. The van der Waals surface area contributed by atoms with Crippen LogP contribution in [0.1, 0.15) is 16.3 Å². The number of rotatable bonds is 5. The van der Waals surface area contributed by atoms with Gasteiger partial charge in [-0.3, -0.25) is 11.3 Å². The molecule has 0 amide bonds. The third kappa shape index (κ3) is 4.07. The predicted octanol–water partition coefficient (Wildman–Crippen LogP) is 2.97. The number of nitrogens with zero attached hydrogens (tertiary/aromatic N) is 1. The van der Waals surface area contributed by atoms with Crippen LogP contribution in [-0.4, -0.2) is 11.0 Å². The molecule has 0 aliphatic heterocycles. The number of nitrogens with one attached hydrogen (secondary N) is 1. The largest absolute Gasteiger partial charge is 0.271 e. The van der Waals surface area contributed by atoms with Gasteiger partial charge in [0.2, 0.25) is 0 Å². The van der Waals surface area contributed by atoms with Crippen LogP contribution in [0.5, 0.6) is 0 Å². The summed E-state index contributed by atoms with van der Waals surface area (Å²) < 4.78 is 13.6. The van der Waals surface area contributed by atoms with Crippen LogP contribution in [0.15, 0.2) is 28.1 Å². The summed E-state index contributed by atoms with van der Waals surface area (Å²) in [6, 6.07) is 5.10. The molecule has 3 nitrogen and oxygen atoms in total. The molecule has 2 rings (SSSR count). The van der Waals surface area contributed by atoms with Gasteiger partial charge in [-0.2, -0.15) is 0 Å². The minimum atomic E-state index is -0.254. The van der Waals surface area contributed by atoms with E-state index >= 15 is 0 Å². The van der Waals surface area contributed by atoms with Gasteiger partial charge in [0.25, 0.3) is 0 Å². The molecule has 102 valence electrons. The molecule has 2 aromatic rings. The molecule has 0 aliphatic rings. The van der Waals surface area contributed by atoms with Crippen LogP contribution in [0.4, 0.5) is 4.39 Å². The number of aryl methyl sites for hydroxylation is 1. The van der Waals surface area contributed by atoms with Crippen LogP contribution in [0.3, 0.4) is 0 Å². The Labute approximate surface area is 124 Å². The van der Waals surface area contributed by atoms with Gasteiger partial charge >= 0.3 is 0 Å². The third-order valence-corrected chi connectivity index (χ3v) is 4.25. The second-order valence-corrected chi connectivity index (χ2v) is 6.29. The second-order valence-electron chi connectivity index (χ2n) is 4.38. The zero-order chi connectivity index (χ0) is 13.8. The molecule has 0 radical (unpaired) electrons. The maximum atomic E-state index is 13.2. The average molecular weight is 344 g/mol. The molecule has 1 aromatic heterocycles. The van der Waals surface area contributed by atoms with Gasteiger partial charge < -0.3 is 0 Å². The summed E-state index contributed by atoms with van der Waals surface area (Å²) in [6.07, 6.45) is 1.49. The van der Waals surface area contributed by atoms with Gasteiger partial charge in [-0.15, -0.1) is 11.3 Å². The Morgan fingerprint density at radius 2 is 2.26 bits per heavy atom. The molecule has 1 heterocycles.